The van der Waals surface area contributed by atoms with Crippen LogP contribution in [0.3, 0.4) is 0 Å². The number of aliphatic hydroxyl groups excluding tert-OH is 2. The fourth-order valence-electron chi connectivity index (χ4n) is 1.97. The van der Waals surface area contributed by atoms with Crippen LogP contribution in [0.15, 0.2) is 12.2 Å². The van der Waals surface area contributed by atoms with Gasteiger partial charge in [0, 0.05) is 18.4 Å². The Bertz CT molecular complexity index is 177. The lowest BCUT2D eigenvalue weighted by Gasteiger charge is -2.32. The van der Waals surface area contributed by atoms with Crippen molar-refractivity contribution in [3.05, 3.63) is 12.2 Å². The molecule has 0 aromatic carbocycles. The van der Waals surface area contributed by atoms with Crippen LogP contribution in [0.2, 0.25) is 0 Å². The molecule has 82 valence electrons. The van der Waals surface area contributed by atoms with Crippen LogP contribution in [0.4, 0.5) is 0 Å². The first-order valence-corrected chi connectivity index (χ1v) is 5.76. The summed E-state index contributed by atoms with van der Waals surface area (Å²) in [5, 5.41) is 18.8. The highest BCUT2D eigenvalue weighted by Crippen LogP contribution is 2.30. The zero-order valence-electron chi connectivity index (χ0n) is 9.02. The smallest absolute Gasteiger partial charge is 0.0609 e. The molecule has 1 aliphatic rings. The number of unbranched alkanes of at least 4 members (excludes halogenated alkanes) is 3. The fraction of sp³-hybridized carbons (Fsp3) is 0.833. The normalized spacial score (nSPS) is 27.4. The molecule has 3 atom stereocenters. The van der Waals surface area contributed by atoms with Gasteiger partial charge in [0.15, 0.2) is 0 Å². The predicted octanol–water partition coefficient (Wildman–Crippen LogP) is 2.11. The third kappa shape index (κ3) is 3.10. The molecule has 2 heteroatoms. The van der Waals surface area contributed by atoms with Crippen LogP contribution in [0.5, 0.6) is 0 Å². The van der Waals surface area contributed by atoms with Crippen molar-refractivity contribution in [1.82, 2.24) is 0 Å². The Morgan fingerprint density at radius 3 is 2.50 bits per heavy atom. The van der Waals surface area contributed by atoms with Crippen molar-refractivity contribution in [1.29, 1.82) is 0 Å². The molecular formula is C12H22O2. The summed E-state index contributed by atoms with van der Waals surface area (Å²) < 4.78 is 0. The Hall–Kier alpha value is -0.340. The van der Waals surface area contributed by atoms with E-state index in [1.165, 1.54) is 19.3 Å². The maximum absolute atomic E-state index is 9.81. The summed E-state index contributed by atoms with van der Waals surface area (Å²) in [4.78, 5) is 0. The molecule has 0 aromatic heterocycles. The van der Waals surface area contributed by atoms with Gasteiger partial charge in [0.2, 0.25) is 0 Å². The van der Waals surface area contributed by atoms with Crippen LogP contribution in [0.25, 0.3) is 0 Å². The Kier molecular flexibility index (Phi) is 5.20. The summed E-state index contributed by atoms with van der Waals surface area (Å²) >= 11 is 0. The Morgan fingerprint density at radius 1 is 1.21 bits per heavy atom. The second-order valence-electron chi connectivity index (χ2n) is 4.23. The van der Waals surface area contributed by atoms with E-state index >= 15 is 0 Å². The summed E-state index contributed by atoms with van der Waals surface area (Å²) in [5.74, 6) is 0.415. The third-order valence-electron chi connectivity index (χ3n) is 3.08. The van der Waals surface area contributed by atoms with Crippen LogP contribution in [0, 0.1) is 11.8 Å². The van der Waals surface area contributed by atoms with Crippen LogP contribution in [-0.4, -0.2) is 22.9 Å². The maximum Gasteiger partial charge on any atom is 0.0609 e. The van der Waals surface area contributed by atoms with Gasteiger partial charge in [0.1, 0.15) is 0 Å². The van der Waals surface area contributed by atoms with Crippen LogP contribution >= 0.6 is 0 Å². The molecule has 2 N–H and O–H groups in total. The summed E-state index contributed by atoms with van der Waals surface area (Å²) in [6.07, 6.45) is 9.46. The molecule has 2 nitrogen and oxygen atoms in total. The molecule has 0 unspecified atom stereocenters. The van der Waals surface area contributed by atoms with Gasteiger partial charge in [-0.25, -0.2) is 0 Å². The van der Waals surface area contributed by atoms with Gasteiger partial charge >= 0.3 is 0 Å². The summed E-state index contributed by atoms with van der Waals surface area (Å²) in [5.41, 5.74) is 0. The highest BCUT2D eigenvalue weighted by Gasteiger charge is 2.29. The Balaban J connectivity index is 2.10. The maximum atomic E-state index is 9.81. The van der Waals surface area contributed by atoms with Crippen molar-refractivity contribution in [2.75, 3.05) is 6.61 Å². The van der Waals surface area contributed by atoms with E-state index < -0.39 is 0 Å². The fourth-order valence-corrected chi connectivity index (χ4v) is 1.97. The first kappa shape index (κ1) is 11.7. The van der Waals surface area contributed by atoms with Crippen molar-refractivity contribution < 1.29 is 10.2 Å². The first-order chi connectivity index (χ1) is 6.79. The van der Waals surface area contributed by atoms with Gasteiger partial charge in [-0.05, 0) is 6.42 Å². The molecule has 0 aromatic rings. The molecule has 0 bridgehead atoms. The van der Waals surface area contributed by atoms with Gasteiger partial charge in [0.25, 0.3) is 0 Å². The standard InChI is InChI=1S/C12H22O2/c1-2-3-4-5-6-12(14)11-8-7-10(11)9-13/h7-8,10-14H,2-6,9H2,1H3/t10-,11-,12+/m1/s1. The van der Waals surface area contributed by atoms with Gasteiger partial charge < -0.3 is 10.2 Å². The monoisotopic (exact) mass is 198 g/mol. The SMILES string of the molecule is CCCCCC[C@H](O)[C@@H]1C=C[C@@H]1CO. The Morgan fingerprint density at radius 2 is 2.00 bits per heavy atom. The largest absolute Gasteiger partial charge is 0.396 e. The number of hydrogen-bond acceptors (Lipinski definition) is 2. The second kappa shape index (κ2) is 6.20. The van der Waals surface area contributed by atoms with E-state index in [9.17, 15) is 5.11 Å². The van der Waals surface area contributed by atoms with E-state index in [2.05, 4.69) is 6.92 Å². The minimum absolute atomic E-state index is 0.174. The molecule has 1 aliphatic carbocycles. The van der Waals surface area contributed by atoms with Crippen molar-refractivity contribution in [2.24, 2.45) is 11.8 Å². The van der Waals surface area contributed by atoms with E-state index in [4.69, 9.17) is 5.11 Å². The van der Waals surface area contributed by atoms with Crippen molar-refractivity contribution in [3.8, 4) is 0 Å². The van der Waals surface area contributed by atoms with Crippen LogP contribution in [-0.2, 0) is 0 Å². The van der Waals surface area contributed by atoms with E-state index in [0.29, 0.717) is 0 Å². The highest BCUT2D eigenvalue weighted by atomic mass is 16.3. The molecule has 0 saturated carbocycles. The molecular weight excluding hydrogens is 176 g/mol. The minimum Gasteiger partial charge on any atom is -0.396 e. The molecule has 0 amide bonds. The number of hydrogen-bond donors (Lipinski definition) is 2. The molecule has 1 rings (SSSR count). The summed E-state index contributed by atoms with van der Waals surface area (Å²) in [6.45, 7) is 2.36. The van der Waals surface area contributed by atoms with E-state index in [1.54, 1.807) is 0 Å². The van der Waals surface area contributed by atoms with Crippen LogP contribution in [0.1, 0.15) is 39.0 Å². The zero-order valence-corrected chi connectivity index (χ0v) is 9.02. The zero-order chi connectivity index (χ0) is 10.4. The number of aliphatic hydroxyl groups is 2. The molecule has 0 radical (unpaired) electrons. The van der Waals surface area contributed by atoms with Crippen molar-refractivity contribution in [2.45, 2.75) is 45.1 Å². The molecule has 0 heterocycles. The highest BCUT2D eigenvalue weighted by molar-refractivity contribution is 5.11. The summed E-state index contributed by atoms with van der Waals surface area (Å²) in [6, 6.07) is 0. The molecule has 0 saturated heterocycles. The molecule has 0 spiro atoms. The second-order valence-corrected chi connectivity index (χ2v) is 4.23. The third-order valence-corrected chi connectivity index (χ3v) is 3.08. The molecule has 0 aliphatic heterocycles. The van der Waals surface area contributed by atoms with E-state index in [-0.39, 0.29) is 24.5 Å². The van der Waals surface area contributed by atoms with E-state index in [0.717, 1.165) is 12.8 Å². The van der Waals surface area contributed by atoms with Gasteiger partial charge in [-0.3, -0.25) is 0 Å². The van der Waals surface area contributed by atoms with E-state index in [1.807, 2.05) is 12.2 Å². The summed E-state index contributed by atoms with van der Waals surface area (Å²) in [7, 11) is 0. The topological polar surface area (TPSA) is 40.5 Å². The van der Waals surface area contributed by atoms with Crippen LogP contribution < -0.4 is 0 Å². The van der Waals surface area contributed by atoms with Crippen molar-refractivity contribution >= 4 is 0 Å². The number of rotatable bonds is 7. The van der Waals surface area contributed by atoms with Gasteiger partial charge in [-0.2, -0.15) is 0 Å². The van der Waals surface area contributed by atoms with Gasteiger partial charge in [-0.15, -0.1) is 0 Å². The molecule has 0 fully saturated rings. The predicted molar refractivity (Wildman–Crippen MR) is 58.0 cm³/mol. The Labute approximate surface area is 86.6 Å². The van der Waals surface area contributed by atoms with Crippen molar-refractivity contribution in [3.63, 3.8) is 0 Å². The lowest BCUT2D eigenvalue weighted by atomic mass is 9.77. The first-order valence-electron chi connectivity index (χ1n) is 5.76. The lowest BCUT2D eigenvalue weighted by molar-refractivity contribution is 0.0673. The average Bonchev–Trinajstić information content (AvgIpc) is 2.11. The van der Waals surface area contributed by atoms with Gasteiger partial charge in [-0.1, -0.05) is 44.8 Å². The lowest BCUT2D eigenvalue weighted by Crippen LogP contribution is -2.32. The molecule has 14 heavy (non-hydrogen) atoms. The minimum atomic E-state index is -0.242. The van der Waals surface area contributed by atoms with Gasteiger partial charge in [0.05, 0.1) is 6.10 Å². The average molecular weight is 198 g/mol. The quantitative estimate of drug-likeness (QED) is 0.486.